The van der Waals surface area contributed by atoms with Crippen LogP contribution in [-0.4, -0.2) is 38.1 Å². The highest BCUT2D eigenvalue weighted by molar-refractivity contribution is 4.86. The number of nitrogens with zero attached hydrogens (tertiary/aromatic N) is 1. The molecule has 2 nitrogen and oxygen atoms in total. The molecule has 0 amide bonds. The highest BCUT2D eigenvalue weighted by Gasteiger charge is 2.31. The number of nitrogens with one attached hydrogen (secondary N) is 1. The SMILES string of the molecule is CCCN(CC)CC1(CNC)CCCCCC1. The molecule has 0 atom stereocenters. The Hall–Kier alpha value is -0.0800. The van der Waals surface area contributed by atoms with E-state index in [0.717, 1.165) is 0 Å². The third-order valence-electron chi connectivity index (χ3n) is 4.26. The zero-order valence-corrected chi connectivity index (χ0v) is 12.2. The van der Waals surface area contributed by atoms with Crippen molar-refractivity contribution in [3.63, 3.8) is 0 Å². The van der Waals surface area contributed by atoms with Gasteiger partial charge in [-0.25, -0.2) is 0 Å². The lowest BCUT2D eigenvalue weighted by atomic mass is 9.79. The second-order valence-corrected chi connectivity index (χ2v) is 5.81. The van der Waals surface area contributed by atoms with E-state index in [2.05, 4.69) is 31.1 Å². The van der Waals surface area contributed by atoms with E-state index in [1.807, 2.05) is 0 Å². The standard InChI is InChI=1S/C15H32N2/c1-4-12-17(5-2)14-15(13-16-3)10-8-6-7-9-11-15/h16H,4-14H2,1-3H3. The molecule has 1 aliphatic carbocycles. The Morgan fingerprint density at radius 2 is 1.71 bits per heavy atom. The predicted octanol–water partition coefficient (Wildman–Crippen LogP) is 3.28. The Morgan fingerprint density at radius 1 is 1.06 bits per heavy atom. The Morgan fingerprint density at radius 3 is 2.18 bits per heavy atom. The lowest BCUT2D eigenvalue weighted by Gasteiger charge is -2.37. The maximum absolute atomic E-state index is 3.45. The molecule has 2 heteroatoms. The van der Waals surface area contributed by atoms with Crippen LogP contribution in [0.25, 0.3) is 0 Å². The van der Waals surface area contributed by atoms with E-state index < -0.39 is 0 Å². The summed E-state index contributed by atoms with van der Waals surface area (Å²) < 4.78 is 0. The van der Waals surface area contributed by atoms with Gasteiger partial charge in [0.1, 0.15) is 0 Å². The minimum absolute atomic E-state index is 0.552. The van der Waals surface area contributed by atoms with E-state index in [4.69, 9.17) is 0 Å². The van der Waals surface area contributed by atoms with Crippen molar-refractivity contribution in [3.05, 3.63) is 0 Å². The summed E-state index contributed by atoms with van der Waals surface area (Å²) in [6.45, 7) is 9.58. The first kappa shape index (κ1) is 15.0. The summed E-state index contributed by atoms with van der Waals surface area (Å²) in [5.41, 5.74) is 0.552. The van der Waals surface area contributed by atoms with Gasteiger partial charge in [-0.05, 0) is 44.8 Å². The average molecular weight is 240 g/mol. The first-order valence-electron chi connectivity index (χ1n) is 7.63. The van der Waals surface area contributed by atoms with Crippen LogP contribution in [0.15, 0.2) is 0 Å². The lowest BCUT2D eigenvalue weighted by Crippen LogP contribution is -2.43. The smallest absolute Gasteiger partial charge is 0.00500 e. The maximum atomic E-state index is 3.45. The molecule has 0 spiro atoms. The molecule has 1 saturated carbocycles. The molecule has 0 bridgehead atoms. The largest absolute Gasteiger partial charge is 0.319 e. The van der Waals surface area contributed by atoms with Gasteiger partial charge in [-0.15, -0.1) is 0 Å². The van der Waals surface area contributed by atoms with Crippen molar-refractivity contribution in [2.24, 2.45) is 5.41 Å². The van der Waals surface area contributed by atoms with Crippen LogP contribution in [0.5, 0.6) is 0 Å². The molecule has 102 valence electrons. The van der Waals surface area contributed by atoms with Crippen LogP contribution in [0.2, 0.25) is 0 Å². The second-order valence-electron chi connectivity index (χ2n) is 5.81. The van der Waals surface area contributed by atoms with E-state index in [9.17, 15) is 0 Å². The molecular weight excluding hydrogens is 208 g/mol. The Kier molecular flexibility index (Phi) is 7.14. The zero-order valence-electron chi connectivity index (χ0n) is 12.2. The van der Waals surface area contributed by atoms with Crippen LogP contribution in [0, 0.1) is 5.41 Å². The van der Waals surface area contributed by atoms with Gasteiger partial charge in [0.2, 0.25) is 0 Å². The molecule has 0 aromatic rings. The van der Waals surface area contributed by atoms with Crippen LogP contribution in [0.4, 0.5) is 0 Å². The molecule has 0 heterocycles. The van der Waals surface area contributed by atoms with Gasteiger partial charge in [-0.3, -0.25) is 0 Å². The summed E-state index contributed by atoms with van der Waals surface area (Å²) in [6, 6.07) is 0. The Labute approximate surface area is 108 Å². The summed E-state index contributed by atoms with van der Waals surface area (Å²) in [4.78, 5) is 2.66. The molecule has 1 aliphatic rings. The first-order chi connectivity index (χ1) is 8.26. The van der Waals surface area contributed by atoms with Gasteiger partial charge in [0.05, 0.1) is 0 Å². The normalized spacial score (nSPS) is 20.5. The van der Waals surface area contributed by atoms with Gasteiger partial charge in [0.25, 0.3) is 0 Å². The average Bonchev–Trinajstić information content (AvgIpc) is 2.55. The van der Waals surface area contributed by atoms with E-state index >= 15 is 0 Å². The van der Waals surface area contributed by atoms with Crippen molar-refractivity contribution >= 4 is 0 Å². The van der Waals surface area contributed by atoms with Gasteiger partial charge >= 0.3 is 0 Å². The number of hydrogen-bond acceptors (Lipinski definition) is 2. The Bertz CT molecular complexity index is 183. The van der Waals surface area contributed by atoms with Crippen molar-refractivity contribution in [2.45, 2.75) is 58.8 Å². The van der Waals surface area contributed by atoms with Crippen LogP contribution in [0.3, 0.4) is 0 Å². The lowest BCUT2D eigenvalue weighted by molar-refractivity contribution is 0.133. The zero-order chi connectivity index (χ0) is 12.6. The van der Waals surface area contributed by atoms with Gasteiger partial charge in [-0.2, -0.15) is 0 Å². The summed E-state index contributed by atoms with van der Waals surface area (Å²) in [6.07, 6.45) is 9.90. The van der Waals surface area contributed by atoms with Gasteiger partial charge in [0.15, 0.2) is 0 Å². The van der Waals surface area contributed by atoms with Crippen LogP contribution in [-0.2, 0) is 0 Å². The molecule has 1 rings (SSSR count). The van der Waals surface area contributed by atoms with Crippen molar-refractivity contribution in [2.75, 3.05) is 33.2 Å². The summed E-state index contributed by atoms with van der Waals surface area (Å²) in [5.74, 6) is 0. The summed E-state index contributed by atoms with van der Waals surface area (Å²) in [5, 5.41) is 3.45. The number of rotatable bonds is 7. The van der Waals surface area contributed by atoms with Crippen LogP contribution in [0.1, 0.15) is 58.8 Å². The predicted molar refractivity (Wildman–Crippen MR) is 76.5 cm³/mol. The molecule has 0 unspecified atom stereocenters. The molecule has 1 fully saturated rings. The third-order valence-corrected chi connectivity index (χ3v) is 4.26. The van der Waals surface area contributed by atoms with Crippen LogP contribution < -0.4 is 5.32 Å². The highest BCUT2D eigenvalue weighted by atomic mass is 15.1. The van der Waals surface area contributed by atoms with Gasteiger partial charge in [-0.1, -0.05) is 39.5 Å². The fraction of sp³-hybridized carbons (Fsp3) is 1.00. The van der Waals surface area contributed by atoms with Crippen molar-refractivity contribution in [1.29, 1.82) is 0 Å². The van der Waals surface area contributed by atoms with E-state index in [1.54, 1.807) is 0 Å². The number of hydrogen-bond donors (Lipinski definition) is 1. The molecule has 0 aromatic heterocycles. The molecule has 0 aliphatic heterocycles. The van der Waals surface area contributed by atoms with Crippen molar-refractivity contribution in [1.82, 2.24) is 10.2 Å². The summed E-state index contributed by atoms with van der Waals surface area (Å²) >= 11 is 0. The molecular formula is C15H32N2. The molecule has 1 N–H and O–H groups in total. The fourth-order valence-corrected chi connectivity index (χ4v) is 3.38. The molecule has 0 aromatic carbocycles. The third kappa shape index (κ3) is 4.97. The Balaban J connectivity index is 2.60. The minimum atomic E-state index is 0.552. The van der Waals surface area contributed by atoms with E-state index in [-0.39, 0.29) is 0 Å². The monoisotopic (exact) mass is 240 g/mol. The first-order valence-corrected chi connectivity index (χ1v) is 7.63. The maximum Gasteiger partial charge on any atom is 0.00500 e. The minimum Gasteiger partial charge on any atom is -0.319 e. The van der Waals surface area contributed by atoms with Crippen LogP contribution >= 0.6 is 0 Å². The second kappa shape index (κ2) is 8.10. The topological polar surface area (TPSA) is 15.3 Å². The molecule has 0 saturated heterocycles. The summed E-state index contributed by atoms with van der Waals surface area (Å²) in [7, 11) is 2.11. The quantitative estimate of drug-likeness (QED) is 0.687. The highest BCUT2D eigenvalue weighted by Crippen LogP contribution is 2.35. The fourth-order valence-electron chi connectivity index (χ4n) is 3.38. The van der Waals surface area contributed by atoms with E-state index in [0.29, 0.717) is 5.41 Å². The van der Waals surface area contributed by atoms with Gasteiger partial charge in [0, 0.05) is 13.1 Å². The molecule has 0 radical (unpaired) electrons. The van der Waals surface area contributed by atoms with Crippen molar-refractivity contribution in [3.8, 4) is 0 Å². The van der Waals surface area contributed by atoms with Gasteiger partial charge < -0.3 is 10.2 Å². The molecule has 17 heavy (non-hydrogen) atoms. The van der Waals surface area contributed by atoms with Crippen molar-refractivity contribution < 1.29 is 0 Å². The van der Waals surface area contributed by atoms with E-state index in [1.165, 1.54) is 71.1 Å².